The SMILES string of the molecule is C#C[C@@](O)(Cc1ccc(OC)cc1)[C@@H]1CCCN1. The van der Waals surface area contributed by atoms with Crippen molar-refractivity contribution in [2.24, 2.45) is 0 Å². The summed E-state index contributed by atoms with van der Waals surface area (Å²) in [6, 6.07) is 7.64. The Morgan fingerprint density at radius 3 is 2.72 bits per heavy atom. The van der Waals surface area contributed by atoms with Crippen molar-refractivity contribution < 1.29 is 9.84 Å². The predicted octanol–water partition coefficient (Wildman–Crippen LogP) is 1.35. The van der Waals surface area contributed by atoms with Crippen LogP contribution in [-0.2, 0) is 6.42 Å². The summed E-state index contributed by atoms with van der Waals surface area (Å²) < 4.78 is 5.11. The summed E-state index contributed by atoms with van der Waals surface area (Å²) >= 11 is 0. The van der Waals surface area contributed by atoms with Gasteiger partial charge >= 0.3 is 0 Å². The molecular formula is C15H19NO2. The number of aliphatic hydroxyl groups is 1. The van der Waals surface area contributed by atoms with Gasteiger partial charge in [0.05, 0.1) is 7.11 Å². The number of nitrogens with one attached hydrogen (secondary N) is 1. The average molecular weight is 245 g/mol. The van der Waals surface area contributed by atoms with E-state index in [1.54, 1.807) is 7.11 Å². The van der Waals surface area contributed by atoms with Crippen molar-refractivity contribution in [2.75, 3.05) is 13.7 Å². The molecule has 3 nitrogen and oxygen atoms in total. The molecule has 0 bridgehead atoms. The molecule has 0 radical (unpaired) electrons. The maximum absolute atomic E-state index is 10.6. The second kappa shape index (κ2) is 5.43. The fourth-order valence-electron chi connectivity index (χ4n) is 2.42. The molecule has 0 spiro atoms. The molecule has 1 aromatic rings. The normalized spacial score (nSPS) is 22.2. The van der Waals surface area contributed by atoms with Gasteiger partial charge in [-0.05, 0) is 37.1 Å². The van der Waals surface area contributed by atoms with E-state index in [9.17, 15) is 5.11 Å². The van der Waals surface area contributed by atoms with Crippen molar-refractivity contribution in [3.05, 3.63) is 29.8 Å². The number of methoxy groups -OCH3 is 1. The van der Waals surface area contributed by atoms with Crippen LogP contribution in [0.15, 0.2) is 24.3 Å². The van der Waals surface area contributed by atoms with E-state index >= 15 is 0 Å². The molecule has 1 aromatic carbocycles. The summed E-state index contributed by atoms with van der Waals surface area (Å²) in [5, 5.41) is 13.8. The number of ether oxygens (including phenoxy) is 1. The molecule has 0 aliphatic carbocycles. The number of hydrogen-bond donors (Lipinski definition) is 2. The Bertz CT molecular complexity index is 429. The van der Waals surface area contributed by atoms with Gasteiger partial charge in [0.25, 0.3) is 0 Å². The maximum atomic E-state index is 10.6. The highest BCUT2D eigenvalue weighted by Gasteiger charge is 2.36. The average Bonchev–Trinajstić information content (AvgIpc) is 2.94. The molecular weight excluding hydrogens is 226 g/mol. The molecule has 1 heterocycles. The van der Waals surface area contributed by atoms with Gasteiger partial charge in [0, 0.05) is 12.5 Å². The molecule has 0 amide bonds. The molecule has 2 N–H and O–H groups in total. The monoisotopic (exact) mass is 245 g/mol. The third kappa shape index (κ3) is 2.66. The van der Waals surface area contributed by atoms with Gasteiger partial charge < -0.3 is 15.2 Å². The molecule has 0 aromatic heterocycles. The van der Waals surface area contributed by atoms with E-state index in [2.05, 4.69) is 11.2 Å². The van der Waals surface area contributed by atoms with E-state index in [1.165, 1.54) is 0 Å². The fourth-order valence-corrected chi connectivity index (χ4v) is 2.42. The van der Waals surface area contributed by atoms with Crippen LogP contribution in [0.1, 0.15) is 18.4 Å². The first-order valence-electron chi connectivity index (χ1n) is 6.24. The van der Waals surface area contributed by atoms with Gasteiger partial charge in [0.1, 0.15) is 11.4 Å². The van der Waals surface area contributed by atoms with Crippen molar-refractivity contribution in [2.45, 2.75) is 30.9 Å². The van der Waals surface area contributed by atoms with E-state index < -0.39 is 5.60 Å². The van der Waals surface area contributed by atoms with Gasteiger partial charge in [-0.3, -0.25) is 0 Å². The zero-order chi connectivity index (χ0) is 13.0. The molecule has 0 unspecified atom stereocenters. The largest absolute Gasteiger partial charge is 0.497 e. The summed E-state index contributed by atoms with van der Waals surface area (Å²) in [6.45, 7) is 0.928. The standard InChI is InChI=1S/C15H19NO2/c1-3-15(17,14-5-4-10-16-14)11-12-6-8-13(18-2)9-7-12/h1,6-9,14,16-17H,4-5,10-11H2,2H3/t14-,15+/m0/s1. The molecule has 1 aliphatic heterocycles. The van der Waals surface area contributed by atoms with Crippen LogP contribution in [0.4, 0.5) is 0 Å². The summed E-state index contributed by atoms with van der Waals surface area (Å²) in [7, 11) is 1.63. The van der Waals surface area contributed by atoms with Crippen LogP contribution in [-0.4, -0.2) is 30.4 Å². The van der Waals surface area contributed by atoms with E-state index in [0.29, 0.717) is 6.42 Å². The lowest BCUT2D eigenvalue weighted by molar-refractivity contribution is 0.0655. The van der Waals surface area contributed by atoms with Gasteiger partial charge in [0.2, 0.25) is 0 Å². The summed E-state index contributed by atoms with van der Waals surface area (Å²) in [6.07, 6.45) is 7.98. The smallest absolute Gasteiger partial charge is 0.144 e. The van der Waals surface area contributed by atoms with Crippen molar-refractivity contribution in [3.8, 4) is 18.1 Å². The second-order valence-corrected chi connectivity index (χ2v) is 4.74. The first kappa shape index (κ1) is 12.9. The van der Waals surface area contributed by atoms with Crippen LogP contribution in [0, 0.1) is 12.3 Å². The Morgan fingerprint density at radius 2 is 2.22 bits per heavy atom. The first-order valence-corrected chi connectivity index (χ1v) is 6.24. The lowest BCUT2D eigenvalue weighted by atomic mass is 9.87. The zero-order valence-electron chi connectivity index (χ0n) is 10.6. The summed E-state index contributed by atoms with van der Waals surface area (Å²) in [4.78, 5) is 0. The predicted molar refractivity (Wildman–Crippen MR) is 71.5 cm³/mol. The van der Waals surface area contributed by atoms with Crippen molar-refractivity contribution in [3.63, 3.8) is 0 Å². The third-order valence-corrected chi connectivity index (χ3v) is 3.52. The van der Waals surface area contributed by atoms with E-state index in [4.69, 9.17) is 11.2 Å². The van der Waals surface area contributed by atoms with Crippen LogP contribution in [0.2, 0.25) is 0 Å². The quantitative estimate of drug-likeness (QED) is 0.787. The Hall–Kier alpha value is -1.50. The minimum absolute atomic E-state index is 0.00963. The number of rotatable bonds is 4. The highest BCUT2D eigenvalue weighted by molar-refractivity contribution is 5.30. The minimum Gasteiger partial charge on any atom is -0.497 e. The molecule has 2 rings (SSSR count). The highest BCUT2D eigenvalue weighted by atomic mass is 16.5. The molecule has 18 heavy (non-hydrogen) atoms. The highest BCUT2D eigenvalue weighted by Crippen LogP contribution is 2.24. The van der Waals surface area contributed by atoms with Crippen LogP contribution in [0.25, 0.3) is 0 Å². The van der Waals surface area contributed by atoms with E-state index in [0.717, 1.165) is 30.7 Å². The Morgan fingerprint density at radius 1 is 1.50 bits per heavy atom. The molecule has 0 saturated carbocycles. The lowest BCUT2D eigenvalue weighted by Gasteiger charge is -2.29. The lowest BCUT2D eigenvalue weighted by Crippen LogP contribution is -2.48. The first-order chi connectivity index (χ1) is 8.68. The third-order valence-electron chi connectivity index (χ3n) is 3.52. The molecule has 1 saturated heterocycles. The van der Waals surface area contributed by atoms with Crippen LogP contribution < -0.4 is 10.1 Å². The molecule has 3 heteroatoms. The van der Waals surface area contributed by atoms with Crippen molar-refractivity contribution in [1.82, 2.24) is 5.32 Å². The van der Waals surface area contributed by atoms with Gasteiger partial charge in [-0.1, -0.05) is 18.1 Å². The van der Waals surface area contributed by atoms with E-state index in [1.807, 2.05) is 24.3 Å². The van der Waals surface area contributed by atoms with Gasteiger partial charge in [0.15, 0.2) is 0 Å². The second-order valence-electron chi connectivity index (χ2n) is 4.74. The van der Waals surface area contributed by atoms with Crippen LogP contribution >= 0.6 is 0 Å². The Balaban J connectivity index is 2.11. The van der Waals surface area contributed by atoms with Crippen LogP contribution in [0.3, 0.4) is 0 Å². The number of hydrogen-bond acceptors (Lipinski definition) is 3. The fraction of sp³-hybridized carbons (Fsp3) is 0.467. The summed E-state index contributed by atoms with van der Waals surface area (Å²) in [5.74, 6) is 3.37. The van der Waals surface area contributed by atoms with Crippen LogP contribution in [0.5, 0.6) is 5.75 Å². The van der Waals surface area contributed by atoms with Crippen molar-refractivity contribution in [1.29, 1.82) is 0 Å². The summed E-state index contributed by atoms with van der Waals surface area (Å²) in [5.41, 5.74) is -0.0876. The van der Waals surface area contributed by atoms with E-state index in [-0.39, 0.29) is 6.04 Å². The van der Waals surface area contributed by atoms with Gasteiger partial charge in [-0.25, -0.2) is 0 Å². The van der Waals surface area contributed by atoms with Gasteiger partial charge in [-0.2, -0.15) is 0 Å². The molecule has 2 atom stereocenters. The maximum Gasteiger partial charge on any atom is 0.144 e. The molecule has 1 fully saturated rings. The topological polar surface area (TPSA) is 41.5 Å². The molecule has 96 valence electrons. The Labute approximate surface area is 108 Å². The minimum atomic E-state index is -1.11. The van der Waals surface area contributed by atoms with Gasteiger partial charge in [-0.15, -0.1) is 6.42 Å². The Kier molecular flexibility index (Phi) is 3.90. The number of terminal acetylenes is 1. The number of benzene rings is 1. The van der Waals surface area contributed by atoms with Crippen molar-refractivity contribution >= 4 is 0 Å². The molecule has 1 aliphatic rings. The zero-order valence-corrected chi connectivity index (χ0v) is 10.6.